The van der Waals surface area contributed by atoms with Crippen molar-refractivity contribution in [3.05, 3.63) is 0 Å². The highest BCUT2D eigenvalue weighted by molar-refractivity contribution is 4.74. The van der Waals surface area contributed by atoms with Crippen LogP contribution in [0.2, 0.25) is 0 Å². The Balaban J connectivity index is 1.56. The molecule has 88 valence electrons. The number of hydrogen-bond donors (Lipinski definition) is 0. The van der Waals surface area contributed by atoms with Crippen LogP contribution in [0, 0.1) is 17.8 Å². The molecule has 2 rings (SSSR count). The zero-order valence-corrected chi connectivity index (χ0v) is 10.5. The quantitative estimate of drug-likeness (QED) is 0.584. The maximum Gasteiger partial charge on any atom is -0.0388 e. The van der Waals surface area contributed by atoms with Crippen LogP contribution in [0.15, 0.2) is 0 Å². The van der Waals surface area contributed by atoms with Crippen LogP contribution in [-0.4, -0.2) is 0 Å². The van der Waals surface area contributed by atoms with E-state index in [1.165, 1.54) is 70.6 Å². The lowest BCUT2D eigenvalue weighted by Gasteiger charge is -2.19. The largest absolute Gasteiger partial charge is 0.0622 e. The molecule has 0 aliphatic heterocycles. The van der Waals surface area contributed by atoms with Crippen LogP contribution < -0.4 is 0 Å². The lowest BCUT2D eigenvalue weighted by Crippen LogP contribution is -2.08. The minimum absolute atomic E-state index is 1.02. The Morgan fingerprint density at radius 3 is 2.20 bits per heavy atom. The molecule has 0 bridgehead atoms. The highest BCUT2D eigenvalue weighted by Gasteiger charge is 2.21. The fourth-order valence-corrected chi connectivity index (χ4v) is 3.79. The van der Waals surface area contributed by atoms with Crippen LogP contribution in [0.25, 0.3) is 0 Å². The molecule has 1 atom stereocenters. The number of rotatable bonds is 5. The molecule has 0 nitrogen and oxygen atoms in total. The summed E-state index contributed by atoms with van der Waals surface area (Å²) >= 11 is 0. The van der Waals surface area contributed by atoms with E-state index in [4.69, 9.17) is 0 Å². The molecule has 0 heterocycles. The highest BCUT2D eigenvalue weighted by Crippen LogP contribution is 2.35. The molecule has 0 N–H and O–H groups in total. The van der Waals surface area contributed by atoms with E-state index in [1.54, 1.807) is 0 Å². The van der Waals surface area contributed by atoms with Crippen molar-refractivity contribution in [1.29, 1.82) is 0 Å². The molecule has 2 fully saturated rings. The van der Waals surface area contributed by atoms with Gasteiger partial charge in [0.05, 0.1) is 0 Å². The summed E-state index contributed by atoms with van der Waals surface area (Å²) in [5, 5.41) is 0. The van der Waals surface area contributed by atoms with Gasteiger partial charge in [-0.15, -0.1) is 0 Å². The molecule has 0 aromatic heterocycles. The third kappa shape index (κ3) is 3.50. The fraction of sp³-hybridized carbons (Fsp3) is 1.00. The standard InChI is InChI=1S/C15H28/c1-13(15-11-4-5-12-15)7-6-10-14-8-2-3-9-14/h13-15H,2-12H2,1H3. The zero-order valence-electron chi connectivity index (χ0n) is 10.5. The van der Waals surface area contributed by atoms with Crippen LogP contribution in [0.5, 0.6) is 0 Å². The summed E-state index contributed by atoms with van der Waals surface area (Å²) in [6.07, 6.45) is 16.8. The van der Waals surface area contributed by atoms with Gasteiger partial charge < -0.3 is 0 Å². The maximum absolute atomic E-state index is 2.50. The molecule has 0 saturated heterocycles. The van der Waals surface area contributed by atoms with Gasteiger partial charge in [0.1, 0.15) is 0 Å². The van der Waals surface area contributed by atoms with Gasteiger partial charge in [-0.3, -0.25) is 0 Å². The van der Waals surface area contributed by atoms with Crippen LogP contribution in [0.4, 0.5) is 0 Å². The molecule has 2 aliphatic rings. The Morgan fingerprint density at radius 1 is 0.933 bits per heavy atom. The van der Waals surface area contributed by atoms with Crippen molar-refractivity contribution < 1.29 is 0 Å². The average molecular weight is 208 g/mol. The lowest BCUT2D eigenvalue weighted by atomic mass is 9.87. The van der Waals surface area contributed by atoms with Crippen molar-refractivity contribution >= 4 is 0 Å². The number of hydrogen-bond acceptors (Lipinski definition) is 0. The van der Waals surface area contributed by atoms with Crippen LogP contribution in [-0.2, 0) is 0 Å². The Labute approximate surface area is 95.8 Å². The van der Waals surface area contributed by atoms with Gasteiger partial charge in [0.2, 0.25) is 0 Å². The third-order valence-electron chi connectivity index (χ3n) is 4.95. The summed E-state index contributed by atoms with van der Waals surface area (Å²) in [5.74, 6) is 3.23. The second kappa shape index (κ2) is 5.92. The summed E-state index contributed by atoms with van der Waals surface area (Å²) in [4.78, 5) is 0. The molecule has 0 spiro atoms. The van der Waals surface area contributed by atoms with Gasteiger partial charge >= 0.3 is 0 Å². The Hall–Kier alpha value is 0. The average Bonchev–Trinajstić information content (AvgIpc) is 2.90. The minimum atomic E-state index is 1.02. The first-order valence-electron chi connectivity index (χ1n) is 7.36. The Morgan fingerprint density at radius 2 is 1.53 bits per heavy atom. The van der Waals surface area contributed by atoms with Crippen molar-refractivity contribution in [2.24, 2.45) is 17.8 Å². The second-order valence-corrected chi connectivity index (χ2v) is 6.10. The third-order valence-corrected chi connectivity index (χ3v) is 4.95. The molecule has 0 amide bonds. The Bertz CT molecular complexity index is 161. The molecule has 2 aliphatic carbocycles. The zero-order chi connectivity index (χ0) is 10.5. The molecule has 0 radical (unpaired) electrons. The molecule has 1 unspecified atom stereocenters. The van der Waals surface area contributed by atoms with Gasteiger partial charge in [-0.05, 0) is 17.8 Å². The van der Waals surface area contributed by atoms with Crippen molar-refractivity contribution in [2.75, 3.05) is 0 Å². The van der Waals surface area contributed by atoms with Gasteiger partial charge in [-0.2, -0.15) is 0 Å². The molecule has 0 aromatic carbocycles. The molecular weight excluding hydrogens is 180 g/mol. The van der Waals surface area contributed by atoms with E-state index in [9.17, 15) is 0 Å². The minimum Gasteiger partial charge on any atom is -0.0622 e. The molecule has 2 saturated carbocycles. The van der Waals surface area contributed by atoms with E-state index in [-0.39, 0.29) is 0 Å². The molecule has 0 heteroatoms. The molecule has 15 heavy (non-hydrogen) atoms. The first-order chi connectivity index (χ1) is 7.36. The molecule has 0 aromatic rings. The van der Waals surface area contributed by atoms with E-state index < -0.39 is 0 Å². The van der Waals surface area contributed by atoms with Gasteiger partial charge in [0.15, 0.2) is 0 Å². The summed E-state index contributed by atoms with van der Waals surface area (Å²) in [5.41, 5.74) is 0. The lowest BCUT2D eigenvalue weighted by molar-refractivity contribution is 0.323. The van der Waals surface area contributed by atoms with Crippen LogP contribution in [0.1, 0.15) is 77.6 Å². The van der Waals surface area contributed by atoms with E-state index in [1.807, 2.05) is 0 Å². The van der Waals surface area contributed by atoms with E-state index >= 15 is 0 Å². The van der Waals surface area contributed by atoms with Crippen LogP contribution in [0.3, 0.4) is 0 Å². The summed E-state index contributed by atoms with van der Waals surface area (Å²) in [6.45, 7) is 2.50. The fourth-order valence-electron chi connectivity index (χ4n) is 3.79. The summed E-state index contributed by atoms with van der Waals surface area (Å²) in [7, 11) is 0. The van der Waals surface area contributed by atoms with Gasteiger partial charge in [0.25, 0.3) is 0 Å². The second-order valence-electron chi connectivity index (χ2n) is 6.10. The Kier molecular flexibility index (Phi) is 4.53. The highest BCUT2D eigenvalue weighted by atomic mass is 14.3. The van der Waals surface area contributed by atoms with Crippen LogP contribution >= 0.6 is 0 Å². The van der Waals surface area contributed by atoms with E-state index in [0.29, 0.717) is 0 Å². The predicted octanol–water partition coefficient (Wildman–Crippen LogP) is 5.17. The van der Waals surface area contributed by atoms with Gasteiger partial charge in [-0.25, -0.2) is 0 Å². The first kappa shape index (κ1) is 11.5. The first-order valence-corrected chi connectivity index (χ1v) is 7.36. The smallest absolute Gasteiger partial charge is 0.0388 e. The van der Waals surface area contributed by atoms with Crippen molar-refractivity contribution in [2.45, 2.75) is 77.6 Å². The summed E-state index contributed by atoms with van der Waals surface area (Å²) < 4.78 is 0. The van der Waals surface area contributed by atoms with Crippen molar-refractivity contribution in [3.63, 3.8) is 0 Å². The monoisotopic (exact) mass is 208 g/mol. The maximum atomic E-state index is 2.50. The van der Waals surface area contributed by atoms with Gasteiger partial charge in [-0.1, -0.05) is 77.6 Å². The van der Waals surface area contributed by atoms with Crippen molar-refractivity contribution in [1.82, 2.24) is 0 Å². The molecular formula is C15H28. The van der Waals surface area contributed by atoms with Gasteiger partial charge in [0, 0.05) is 0 Å². The van der Waals surface area contributed by atoms with E-state index in [2.05, 4.69) is 6.92 Å². The predicted molar refractivity (Wildman–Crippen MR) is 66.9 cm³/mol. The SMILES string of the molecule is CC(CCCC1CCCC1)C1CCCC1. The van der Waals surface area contributed by atoms with Crippen molar-refractivity contribution in [3.8, 4) is 0 Å². The van der Waals surface area contributed by atoms with E-state index in [0.717, 1.165) is 17.8 Å². The topological polar surface area (TPSA) is 0 Å². The normalized spacial score (nSPS) is 26.2. The summed E-state index contributed by atoms with van der Waals surface area (Å²) in [6, 6.07) is 0.